The van der Waals surface area contributed by atoms with Gasteiger partial charge in [-0.25, -0.2) is 4.98 Å². The molecule has 0 aliphatic carbocycles. The standard InChI is InChI=1S/C12H22N4OS/c1-4-10-13-11(18-14-10)16-7-5-6-12(17,9-16)8-15(2)3/h17H,4-9H2,1-3H3/t12-/m0/s1. The summed E-state index contributed by atoms with van der Waals surface area (Å²) in [6.45, 7) is 4.38. The molecule has 0 aromatic carbocycles. The fourth-order valence-electron chi connectivity index (χ4n) is 2.51. The first-order valence-electron chi connectivity index (χ1n) is 6.47. The number of nitrogens with zero attached hydrogens (tertiary/aromatic N) is 4. The number of likely N-dealkylation sites (N-methyl/N-ethyl adjacent to an activating group) is 1. The van der Waals surface area contributed by atoms with Crippen LogP contribution in [0.3, 0.4) is 0 Å². The Hall–Kier alpha value is -0.720. The third kappa shape index (κ3) is 3.18. The van der Waals surface area contributed by atoms with Crippen molar-refractivity contribution in [3.8, 4) is 0 Å². The van der Waals surface area contributed by atoms with E-state index >= 15 is 0 Å². The number of aliphatic hydroxyl groups is 1. The van der Waals surface area contributed by atoms with E-state index in [2.05, 4.69) is 21.2 Å². The second-order valence-corrected chi connectivity index (χ2v) is 6.06. The van der Waals surface area contributed by atoms with E-state index in [1.54, 1.807) is 0 Å². The number of rotatable bonds is 4. The zero-order valence-corrected chi connectivity index (χ0v) is 12.2. The maximum atomic E-state index is 10.6. The van der Waals surface area contributed by atoms with Crippen LogP contribution in [0.15, 0.2) is 0 Å². The summed E-state index contributed by atoms with van der Waals surface area (Å²) in [6, 6.07) is 0. The van der Waals surface area contributed by atoms with E-state index in [0.29, 0.717) is 13.1 Å². The molecule has 1 saturated heterocycles. The van der Waals surface area contributed by atoms with Crippen molar-refractivity contribution in [2.45, 2.75) is 31.8 Å². The van der Waals surface area contributed by atoms with Crippen LogP contribution in [0.25, 0.3) is 0 Å². The molecule has 5 nitrogen and oxygen atoms in total. The molecule has 0 unspecified atom stereocenters. The minimum atomic E-state index is -0.625. The molecule has 0 amide bonds. The topological polar surface area (TPSA) is 52.5 Å². The minimum Gasteiger partial charge on any atom is -0.387 e. The number of hydrogen-bond acceptors (Lipinski definition) is 6. The molecule has 1 aromatic heterocycles. The van der Waals surface area contributed by atoms with Crippen LogP contribution in [0, 0.1) is 0 Å². The van der Waals surface area contributed by atoms with Gasteiger partial charge in [0.25, 0.3) is 0 Å². The number of β-amino-alcohol motifs (C(OH)–C–C–N with tert-alkyl or cyclic N) is 1. The van der Waals surface area contributed by atoms with Gasteiger partial charge in [-0.3, -0.25) is 0 Å². The predicted octanol–water partition coefficient (Wildman–Crippen LogP) is 0.993. The number of piperidine rings is 1. The molecule has 0 saturated carbocycles. The lowest BCUT2D eigenvalue weighted by Gasteiger charge is -2.40. The maximum absolute atomic E-state index is 10.6. The Kier molecular flexibility index (Phi) is 4.19. The second-order valence-electron chi connectivity index (χ2n) is 5.33. The molecule has 1 fully saturated rings. The summed E-state index contributed by atoms with van der Waals surface area (Å²) in [5.41, 5.74) is -0.625. The Labute approximate surface area is 113 Å². The van der Waals surface area contributed by atoms with Crippen molar-refractivity contribution in [2.24, 2.45) is 0 Å². The van der Waals surface area contributed by atoms with E-state index in [1.165, 1.54) is 11.5 Å². The normalized spacial score (nSPS) is 24.8. The third-order valence-electron chi connectivity index (χ3n) is 3.21. The molecule has 1 aromatic rings. The number of aryl methyl sites for hydroxylation is 1. The average Bonchev–Trinajstić information content (AvgIpc) is 2.75. The van der Waals surface area contributed by atoms with Crippen molar-refractivity contribution in [1.82, 2.24) is 14.3 Å². The summed E-state index contributed by atoms with van der Waals surface area (Å²) in [5, 5.41) is 11.6. The van der Waals surface area contributed by atoms with Crippen LogP contribution in [-0.2, 0) is 6.42 Å². The molecule has 1 atom stereocenters. The average molecular weight is 270 g/mol. The van der Waals surface area contributed by atoms with Crippen molar-refractivity contribution in [1.29, 1.82) is 0 Å². The lowest BCUT2D eigenvalue weighted by atomic mass is 9.93. The van der Waals surface area contributed by atoms with Crippen LogP contribution in [0.4, 0.5) is 5.13 Å². The highest BCUT2D eigenvalue weighted by Crippen LogP contribution is 2.27. The van der Waals surface area contributed by atoms with Gasteiger partial charge in [-0.2, -0.15) is 4.37 Å². The van der Waals surface area contributed by atoms with Crippen LogP contribution in [0.5, 0.6) is 0 Å². The lowest BCUT2D eigenvalue weighted by molar-refractivity contribution is 0.00369. The largest absolute Gasteiger partial charge is 0.387 e. The molecule has 1 aliphatic heterocycles. The monoisotopic (exact) mass is 270 g/mol. The zero-order chi connectivity index (χ0) is 13.2. The van der Waals surface area contributed by atoms with Crippen molar-refractivity contribution < 1.29 is 5.11 Å². The number of hydrogen-bond donors (Lipinski definition) is 1. The van der Waals surface area contributed by atoms with Gasteiger partial charge in [0.1, 0.15) is 5.82 Å². The highest BCUT2D eigenvalue weighted by molar-refractivity contribution is 7.09. The fraction of sp³-hybridized carbons (Fsp3) is 0.833. The summed E-state index contributed by atoms with van der Waals surface area (Å²) >= 11 is 1.44. The highest BCUT2D eigenvalue weighted by atomic mass is 32.1. The molecule has 18 heavy (non-hydrogen) atoms. The fourth-order valence-corrected chi connectivity index (χ4v) is 3.28. The van der Waals surface area contributed by atoms with Crippen LogP contribution in [0.2, 0.25) is 0 Å². The van der Waals surface area contributed by atoms with Crippen LogP contribution in [0.1, 0.15) is 25.6 Å². The van der Waals surface area contributed by atoms with Gasteiger partial charge < -0.3 is 14.9 Å². The van der Waals surface area contributed by atoms with Gasteiger partial charge in [-0.15, -0.1) is 0 Å². The summed E-state index contributed by atoms with van der Waals surface area (Å²) in [5.74, 6) is 0.900. The molecule has 1 N–H and O–H groups in total. The van der Waals surface area contributed by atoms with Crippen molar-refractivity contribution in [3.63, 3.8) is 0 Å². The third-order valence-corrected chi connectivity index (χ3v) is 4.02. The SMILES string of the molecule is CCc1nsc(N2CCC[C@](O)(CN(C)C)C2)n1. The van der Waals surface area contributed by atoms with Crippen molar-refractivity contribution >= 4 is 16.7 Å². The van der Waals surface area contributed by atoms with E-state index in [0.717, 1.165) is 36.8 Å². The quantitative estimate of drug-likeness (QED) is 0.884. The predicted molar refractivity (Wildman–Crippen MR) is 74.2 cm³/mol. The molecule has 2 heterocycles. The van der Waals surface area contributed by atoms with Crippen LogP contribution >= 0.6 is 11.5 Å². The minimum absolute atomic E-state index is 0.625. The highest BCUT2D eigenvalue weighted by Gasteiger charge is 2.34. The Balaban J connectivity index is 2.06. The Morgan fingerprint density at radius 1 is 1.50 bits per heavy atom. The molecule has 6 heteroatoms. The maximum Gasteiger partial charge on any atom is 0.205 e. The summed E-state index contributed by atoms with van der Waals surface area (Å²) in [7, 11) is 3.99. The molecule has 1 aliphatic rings. The summed E-state index contributed by atoms with van der Waals surface area (Å²) < 4.78 is 4.32. The Bertz CT molecular complexity index is 395. The van der Waals surface area contributed by atoms with E-state index in [9.17, 15) is 5.11 Å². The van der Waals surface area contributed by atoms with Gasteiger partial charge in [-0.1, -0.05) is 6.92 Å². The van der Waals surface area contributed by atoms with Crippen LogP contribution in [-0.4, -0.2) is 58.7 Å². The summed E-state index contributed by atoms with van der Waals surface area (Å²) in [6.07, 6.45) is 2.73. The van der Waals surface area contributed by atoms with Gasteiger partial charge >= 0.3 is 0 Å². The van der Waals surface area contributed by atoms with Gasteiger partial charge in [0, 0.05) is 31.0 Å². The Morgan fingerprint density at radius 3 is 2.89 bits per heavy atom. The van der Waals surface area contributed by atoms with Gasteiger partial charge in [0.15, 0.2) is 0 Å². The zero-order valence-electron chi connectivity index (χ0n) is 11.4. The molecule has 0 bridgehead atoms. The van der Waals surface area contributed by atoms with Gasteiger partial charge in [0.2, 0.25) is 5.13 Å². The number of aromatic nitrogens is 2. The number of anilines is 1. The van der Waals surface area contributed by atoms with Gasteiger partial charge in [0.05, 0.1) is 12.1 Å². The van der Waals surface area contributed by atoms with E-state index in [1.807, 2.05) is 19.0 Å². The van der Waals surface area contributed by atoms with Crippen molar-refractivity contribution in [3.05, 3.63) is 5.82 Å². The molecule has 0 spiro atoms. The lowest BCUT2D eigenvalue weighted by Crippen LogP contribution is -2.53. The molecular formula is C12H22N4OS. The van der Waals surface area contributed by atoms with E-state index in [-0.39, 0.29) is 0 Å². The molecule has 0 radical (unpaired) electrons. The first-order valence-corrected chi connectivity index (χ1v) is 7.24. The van der Waals surface area contributed by atoms with Crippen molar-refractivity contribution in [2.75, 3.05) is 38.6 Å². The molecule has 2 rings (SSSR count). The van der Waals surface area contributed by atoms with Crippen LogP contribution < -0.4 is 4.90 Å². The summed E-state index contributed by atoms with van der Waals surface area (Å²) in [4.78, 5) is 8.72. The van der Waals surface area contributed by atoms with E-state index < -0.39 is 5.60 Å². The first-order chi connectivity index (χ1) is 8.52. The second kappa shape index (κ2) is 5.50. The Morgan fingerprint density at radius 2 is 2.28 bits per heavy atom. The molecular weight excluding hydrogens is 248 g/mol. The smallest absolute Gasteiger partial charge is 0.205 e. The first kappa shape index (κ1) is 13.7. The molecule has 102 valence electrons. The van der Waals surface area contributed by atoms with Gasteiger partial charge in [-0.05, 0) is 26.9 Å². The van der Waals surface area contributed by atoms with E-state index in [4.69, 9.17) is 0 Å².